The number of benzene rings is 1. The molecule has 8 nitrogen and oxygen atoms in total. The van der Waals surface area contributed by atoms with E-state index in [4.69, 9.17) is 14.7 Å². The lowest BCUT2D eigenvalue weighted by Gasteiger charge is -2.28. The molecule has 9 heteroatoms. The Labute approximate surface area is 211 Å². The normalized spacial score (nSPS) is 14.0. The highest BCUT2D eigenvalue weighted by molar-refractivity contribution is 7.99. The maximum Gasteiger partial charge on any atom is 0.251 e. The van der Waals surface area contributed by atoms with Gasteiger partial charge >= 0.3 is 0 Å². The summed E-state index contributed by atoms with van der Waals surface area (Å²) >= 11 is 1.67. The topological polar surface area (TPSA) is 85.2 Å². The number of anilines is 1. The van der Waals surface area contributed by atoms with Crippen LogP contribution >= 0.6 is 11.8 Å². The number of hydrogen-bond donors (Lipinski definition) is 1. The molecule has 0 bridgehead atoms. The monoisotopic (exact) mass is 496 g/mol. The number of piperidine rings is 1. The minimum Gasteiger partial charge on any atom is -0.494 e. The summed E-state index contributed by atoms with van der Waals surface area (Å²) in [4.78, 5) is 24.7. The van der Waals surface area contributed by atoms with Crippen LogP contribution in [0, 0.1) is 0 Å². The van der Waals surface area contributed by atoms with Gasteiger partial charge in [0.2, 0.25) is 0 Å². The summed E-state index contributed by atoms with van der Waals surface area (Å²) in [5, 5.41) is 9.74. The number of hydrogen-bond acceptors (Lipinski definition) is 7. The molecule has 0 aliphatic carbocycles. The van der Waals surface area contributed by atoms with Crippen molar-refractivity contribution in [3.63, 3.8) is 0 Å². The van der Waals surface area contributed by atoms with E-state index in [1.165, 1.54) is 19.3 Å². The Kier molecular flexibility index (Phi) is 8.84. The van der Waals surface area contributed by atoms with Crippen LogP contribution in [0.4, 0.5) is 5.82 Å². The fraction of sp³-hybridized carbons (Fsp3) is 0.538. The third-order valence-electron chi connectivity index (χ3n) is 5.94. The van der Waals surface area contributed by atoms with E-state index in [9.17, 15) is 4.79 Å². The summed E-state index contributed by atoms with van der Waals surface area (Å²) in [6.45, 7) is 10.1. The first-order chi connectivity index (χ1) is 17.0. The fourth-order valence-corrected chi connectivity index (χ4v) is 4.81. The molecule has 1 amide bonds. The number of aromatic nitrogens is 4. The smallest absolute Gasteiger partial charge is 0.251 e. The predicted octanol–water partition coefficient (Wildman–Crippen LogP) is 4.93. The minimum atomic E-state index is -0.110. The number of nitrogens with one attached hydrogen (secondary N) is 1. The Morgan fingerprint density at radius 1 is 1.14 bits per heavy atom. The highest BCUT2D eigenvalue weighted by Gasteiger charge is 2.20. The third-order valence-corrected chi connectivity index (χ3v) is 6.81. The van der Waals surface area contributed by atoms with Gasteiger partial charge in [-0.15, -0.1) is 0 Å². The van der Waals surface area contributed by atoms with Gasteiger partial charge in [-0.1, -0.05) is 39.0 Å². The van der Waals surface area contributed by atoms with Gasteiger partial charge in [-0.2, -0.15) is 5.10 Å². The molecule has 0 atom stereocenters. The van der Waals surface area contributed by atoms with E-state index in [-0.39, 0.29) is 5.91 Å². The summed E-state index contributed by atoms with van der Waals surface area (Å²) in [5.41, 5.74) is 1.44. The van der Waals surface area contributed by atoms with E-state index in [1.807, 2.05) is 23.0 Å². The van der Waals surface area contributed by atoms with Crippen LogP contribution in [-0.4, -0.2) is 57.1 Å². The van der Waals surface area contributed by atoms with Crippen molar-refractivity contribution < 1.29 is 9.53 Å². The molecule has 0 radical (unpaired) electrons. The number of unbranched alkanes of at least 4 members (excludes halogenated alkanes) is 1. The molecule has 1 saturated heterocycles. The van der Waals surface area contributed by atoms with Gasteiger partial charge < -0.3 is 15.0 Å². The van der Waals surface area contributed by atoms with Crippen molar-refractivity contribution in [2.75, 3.05) is 31.1 Å². The third kappa shape index (κ3) is 6.66. The first-order valence-electron chi connectivity index (χ1n) is 12.7. The Morgan fingerprint density at radius 2 is 1.91 bits per heavy atom. The van der Waals surface area contributed by atoms with Gasteiger partial charge in [0.15, 0.2) is 10.8 Å². The van der Waals surface area contributed by atoms with E-state index >= 15 is 0 Å². The van der Waals surface area contributed by atoms with Crippen LogP contribution in [0.3, 0.4) is 0 Å². The second kappa shape index (κ2) is 12.2. The molecule has 3 aromatic rings. The molecular formula is C26H36N6O2S. The quantitative estimate of drug-likeness (QED) is 0.229. The zero-order valence-electron chi connectivity index (χ0n) is 21.0. The number of amides is 1. The number of thioether (sulfide) groups is 1. The molecule has 1 aliphatic rings. The van der Waals surface area contributed by atoms with Crippen molar-refractivity contribution in [2.45, 2.75) is 69.8 Å². The molecule has 2 aromatic heterocycles. The van der Waals surface area contributed by atoms with Gasteiger partial charge in [-0.05, 0) is 49.9 Å². The number of ether oxygens (including phenoxy) is 1. The molecule has 1 aromatic carbocycles. The standard InChI is InChI=1S/C26H36N6O2S/c1-4-5-17-34-21-11-9-20(10-12-21)25(33)27-13-16-32-24-22(18-28-32)23(31-14-7-6-8-15-31)29-26(30-24)35-19(2)3/h9-12,18-19H,4-8,13-17H2,1-3H3,(H,27,33). The number of rotatable bonds is 11. The highest BCUT2D eigenvalue weighted by atomic mass is 32.2. The van der Waals surface area contributed by atoms with Gasteiger partial charge in [-0.3, -0.25) is 4.79 Å². The van der Waals surface area contributed by atoms with Gasteiger partial charge in [0.1, 0.15) is 11.6 Å². The first-order valence-corrected chi connectivity index (χ1v) is 13.6. The lowest BCUT2D eigenvalue weighted by molar-refractivity contribution is 0.0952. The van der Waals surface area contributed by atoms with Gasteiger partial charge in [0.25, 0.3) is 5.91 Å². The van der Waals surface area contributed by atoms with Crippen molar-refractivity contribution in [2.24, 2.45) is 0 Å². The number of nitrogens with zero attached hydrogens (tertiary/aromatic N) is 5. The van der Waals surface area contributed by atoms with Crippen LogP contribution in [0.5, 0.6) is 5.75 Å². The van der Waals surface area contributed by atoms with Gasteiger partial charge in [-0.25, -0.2) is 14.6 Å². The van der Waals surface area contributed by atoms with E-state index in [0.717, 1.165) is 53.7 Å². The second-order valence-electron chi connectivity index (χ2n) is 9.13. The lowest BCUT2D eigenvalue weighted by atomic mass is 10.1. The molecule has 1 aliphatic heterocycles. The van der Waals surface area contributed by atoms with Crippen LogP contribution in [0.25, 0.3) is 11.0 Å². The SMILES string of the molecule is CCCCOc1ccc(C(=O)NCCn2ncc3c(N4CCCCC4)nc(SC(C)C)nc32)cc1. The van der Waals surface area contributed by atoms with Crippen LogP contribution in [-0.2, 0) is 6.54 Å². The van der Waals surface area contributed by atoms with Crippen LogP contribution in [0.1, 0.15) is 63.2 Å². The molecule has 188 valence electrons. The zero-order valence-corrected chi connectivity index (χ0v) is 21.8. The Bertz CT molecular complexity index is 1110. The molecule has 3 heterocycles. The summed E-state index contributed by atoms with van der Waals surface area (Å²) in [6, 6.07) is 7.29. The van der Waals surface area contributed by atoms with Crippen LogP contribution in [0.2, 0.25) is 0 Å². The van der Waals surface area contributed by atoms with Crippen molar-refractivity contribution in [3.05, 3.63) is 36.0 Å². The molecule has 0 unspecified atom stereocenters. The van der Waals surface area contributed by atoms with Crippen molar-refractivity contribution in [3.8, 4) is 5.75 Å². The number of carbonyl (C=O) groups is 1. The molecule has 1 fully saturated rings. The maximum atomic E-state index is 12.6. The highest BCUT2D eigenvalue weighted by Crippen LogP contribution is 2.30. The Balaban J connectivity index is 1.43. The number of carbonyl (C=O) groups excluding carboxylic acids is 1. The number of fused-ring (bicyclic) bond motifs is 1. The average Bonchev–Trinajstić information content (AvgIpc) is 3.27. The Hall–Kier alpha value is -2.81. The van der Waals surface area contributed by atoms with Crippen molar-refractivity contribution >= 4 is 34.5 Å². The molecule has 1 N–H and O–H groups in total. The molecular weight excluding hydrogens is 460 g/mol. The summed E-state index contributed by atoms with van der Waals surface area (Å²) < 4.78 is 7.55. The molecule has 0 saturated carbocycles. The summed E-state index contributed by atoms with van der Waals surface area (Å²) in [7, 11) is 0. The fourth-order valence-electron chi connectivity index (χ4n) is 4.11. The largest absolute Gasteiger partial charge is 0.494 e. The summed E-state index contributed by atoms with van der Waals surface area (Å²) in [6.07, 6.45) is 7.62. The van der Waals surface area contributed by atoms with Crippen LogP contribution < -0.4 is 15.0 Å². The van der Waals surface area contributed by atoms with Crippen LogP contribution in [0.15, 0.2) is 35.6 Å². The first kappa shape index (κ1) is 25.3. The van der Waals surface area contributed by atoms with Crippen molar-refractivity contribution in [1.29, 1.82) is 0 Å². The Morgan fingerprint density at radius 3 is 2.63 bits per heavy atom. The predicted molar refractivity (Wildman–Crippen MR) is 142 cm³/mol. The maximum absolute atomic E-state index is 12.6. The molecule has 35 heavy (non-hydrogen) atoms. The van der Waals surface area contributed by atoms with E-state index < -0.39 is 0 Å². The minimum absolute atomic E-state index is 0.110. The zero-order chi connectivity index (χ0) is 24.6. The van der Waals surface area contributed by atoms with E-state index in [1.54, 1.807) is 23.9 Å². The average molecular weight is 497 g/mol. The van der Waals surface area contributed by atoms with Gasteiger partial charge in [0, 0.05) is 30.4 Å². The van der Waals surface area contributed by atoms with E-state index in [0.29, 0.717) is 30.5 Å². The van der Waals surface area contributed by atoms with Gasteiger partial charge in [0.05, 0.1) is 24.7 Å². The second-order valence-corrected chi connectivity index (χ2v) is 10.7. The molecule has 4 rings (SSSR count). The lowest BCUT2D eigenvalue weighted by Crippen LogP contribution is -2.30. The summed E-state index contributed by atoms with van der Waals surface area (Å²) in [5.74, 6) is 1.66. The molecule has 0 spiro atoms. The van der Waals surface area contributed by atoms with E-state index in [2.05, 4.69) is 36.1 Å². The van der Waals surface area contributed by atoms with Crippen molar-refractivity contribution in [1.82, 2.24) is 25.1 Å².